The third-order valence-electron chi connectivity index (χ3n) is 2.86. The first-order chi connectivity index (χ1) is 8.08. The van der Waals surface area contributed by atoms with Gasteiger partial charge in [-0.15, -0.1) is 0 Å². The number of hydrogen-bond acceptors (Lipinski definition) is 2. The fraction of sp³-hybridized carbons (Fsp3) is 0.500. The van der Waals surface area contributed by atoms with E-state index in [0.717, 1.165) is 24.8 Å². The van der Waals surface area contributed by atoms with Crippen molar-refractivity contribution in [3.05, 3.63) is 29.3 Å². The zero-order valence-electron chi connectivity index (χ0n) is 10.8. The van der Waals surface area contributed by atoms with Gasteiger partial charge in [0.15, 0.2) is 0 Å². The van der Waals surface area contributed by atoms with E-state index in [0.29, 0.717) is 5.56 Å². The first-order valence-electron chi connectivity index (χ1n) is 6.19. The summed E-state index contributed by atoms with van der Waals surface area (Å²) >= 11 is 0. The molecule has 1 atom stereocenters. The lowest BCUT2D eigenvalue weighted by atomic mass is 10.1. The summed E-state index contributed by atoms with van der Waals surface area (Å²) in [6, 6.07) is 5.25. The van der Waals surface area contributed by atoms with Gasteiger partial charge in [0.2, 0.25) is 0 Å². The van der Waals surface area contributed by atoms with Crippen LogP contribution in [0.5, 0.6) is 5.75 Å². The second-order valence-electron chi connectivity index (χ2n) is 4.39. The van der Waals surface area contributed by atoms with Crippen LogP contribution in [0.15, 0.2) is 18.2 Å². The smallest absolute Gasteiger partial charge is 0.255 e. The Morgan fingerprint density at radius 2 is 2.12 bits per heavy atom. The lowest BCUT2D eigenvalue weighted by Crippen LogP contribution is -2.34. The highest BCUT2D eigenvalue weighted by Gasteiger charge is 2.14. The molecule has 0 aromatic heterocycles. The van der Waals surface area contributed by atoms with E-state index in [2.05, 4.69) is 19.2 Å². The summed E-state index contributed by atoms with van der Waals surface area (Å²) in [4.78, 5) is 12.0. The Hall–Kier alpha value is -1.51. The van der Waals surface area contributed by atoms with Crippen molar-refractivity contribution in [2.24, 2.45) is 0 Å². The SMILES string of the molecule is CCCC(CC)NC(=O)c1cc(C)ccc1O. The van der Waals surface area contributed by atoms with Gasteiger partial charge in [0.25, 0.3) is 5.91 Å². The standard InChI is InChI=1S/C14H21NO2/c1-4-6-11(5-2)15-14(17)12-9-10(3)7-8-13(12)16/h7-9,11,16H,4-6H2,1-3H3,(H,15,17). The molecule has 0 aliphatic rings. The number of carbonyl (C=O) groups is 1. The van der Waals surface area contributed by atoms with Gasteiger partial charge in [0, 0.05) is 6.04 Å². The fourth-order valence-electron chi connectivity index (χ4n) is 1.82. The molecule has 1 amide bonds. The number of carbonyl (C=O) groups excluding carboxylic acids is 1. The van der Waals surface area contributed by atoms with Gasteiger partial charge in [-0.3, -0.25) is 4.79 Å². The van der Waals surface area contributed by atoms with Crippen LogP contribution < -0.4 is 5.32 Å². The molecule has 1 aromatic rings. The minimum absolute atomic E-state index is 0.0412. The first-order valence-corrected chi connectivity index (χ1v) is 6.19. The summed E-state index contributed by atoms with van der Waals surface area (Å²) < 4.78 is 0. The monoisotopic (exact) mass is 235 g/mol. The maximum absolute atomic E-state index is 12.0. The highest BCUT2D eigenvalue weighted by molar-refractivity contribution is 5.97. The molecular weight excluding hydrogens is 214 g/mol. The van der Waals surface area contributed by atoms with Gasteiger partial charge in [-0.2, -0.15) is 0 Å². The van der Waals surface area contributed by atoms with E-state index < -0.39 is 0 Å². The molecule has 0 fully saturated rings. The van der Waals surface area contributed by atoms with E-state index in [9.17, 15) is 9.90 Å². The van der Waals surface area contributed by atoms with Crippen LogP contribution in [0.1, 0.15) is 49.0 Å². The van der Waals surface area contributed by atoms with Gasteiger partial charge < -0.3 is 10.4 Å². The molecule has 0 saturated heterocycles. The molecule has 1 unspecified atom stereocenters. The molecule has 0 heterocycles. The number of rotatable bonds is 5. The number of phenolic OH excluding ortho intramolecular Hbond substituents is 1. The van der Waals surface area contributed by atoms with Crippen LogP contribution >= 0.6 is 0 Å². The Bertz CT molecular complexity index is 388. The number of hydrogen-bond donors (Lipinski definition) is 2. The predicted octanol–water partition coefficient (Wildman–Crippen LogP) is 3.01. The Morgan fingerprint density at radius 1 is 1.41 bits per heavy atom. The molecule has 2 N–H and O–H groups in total. The van der Waals surface area contributed by atoms with Gasteiger partial charge in [0.1, 0.15) is 5.75 Å². The van der Waals surface area contributed by atoms with Crippen molar-refractivity contribution in [1.82, 2.24) is 5.32 Å². The van der Waals surface area contributed by atoms with Crippen molar-refractivity contribution in [3.63, 3.8) is 0 Å². The zero-order valence-corrected chi connectivity index (χ0v) is 10.8. The summed E-state index contributed by atoms with van der Waals surface area (Å²) in [5, 5.41) is 12.6. The molecule has 94 valence electrons. The van der Waals surface area contributed by atoms with Gasteiger partial charge in [-0.25, -0.2) is 0 Å². The maximum Gasteiger partial charge on any atom is 0.255 e. The second-order valence-corrected chi connectivity index (χ2v) is 4.39. The Morgan fingerprint density at radius 3 is 2.71 bits per heavy atom. The summed E-state index contributed by atoms with van der Waals surface area (Å²) in [5.74, 6) is -0.147. The third kappa shape index (κ3) is 3.77. The van der Waals surface area contributed by atoms with Gasteiger partial charge in [-0.05, 0) is 31.9 Å². The normalized spacial score (nSPS) is 12.2. The van der Waals surface area contributed by atoms with Crippen LogP contribution in [0.25, 0.3) is 0 Å². The van der Waals surface area contributed by atoms with Crippen molar-refractivity contribution in [1.29, 1.82) is 0 Å². The van der Waals surface area contributed by atoms with Crippen LogP contribution in [0.2, 0.25) is 0 Å². The van der Waals surface area contributed by atoms with Crippen LogP contribution in [0, 0.1) is 6.92 Å². The number of amides is 1. The molecule has 1 rings (SSSR count). The number of aryl methyl sites for hydroxylation is 1. The van der Waals surface area contributed by atoms with Crippen molar-refractivity contribution >= 4 is 5.91 Å². The molecule has 0 bridgehead atoms. The molecule has 0 saturated carbocycles. The van der Waals surface area contributed by atoms with Crippen LogP contribution in [-0.4, -0.2) is 17.1 Å². The van der Waals surface area contributed by atoms with E-state index >= 15 is 0 Å². The summed E-state index contributed by atoms with van der Waals surface area (Å²) in [6.45, 7) is 6.05. The average molecular weight is 235 g/mol. The molecular formula is C14H21NO2. The number of aromatic hydroxyl groups is 1. The Labute approximate surface area is 103 Å². The third-order valence-corrected chi connectivity index (χ3v) is 2.86. The molecule has 0 aliphatic heterocycles. The maximum atomic E-state index is 12.0. The average Bonchev–Trinajstić information content (AvgIpc) is 2.31. The summed E-state index contributed by atoms with van der Waals surface area (Å²) in [7, 11) is 0. The van der Waals surface area contributed by atoms with E-state index in [1.165, 1.54) is 0 Å². The lowest BCUT2D eigenvalue weighted by Gasteiger charge is -2.16. The van der Waals surface area contributed by atoms with E-state index in [-0.39, 0.29) is 17.7 Å². The Balaban J connectivity index is 2.78. The molecule has 0 radical (unpaired) electrons. The molecule has 17 heavy (non-hydrogen) atoms. The van der Waals surface area contributed by atoms with Gasteiger partial charge in [-0.1, -0.05) is 31.9 Å². The predicted molar refractivity (Wildman–Crippen MR) is 69.3 cm³/mol. The van der Waals surface area contributed by atoms with Crippen molar-refractivity contribution < 1.29 is 9.90 Å². The fourth-order valence-corrected chi connectivity index (χ4v) is 1.82. The van der Waals surface area contributed by atoms with Gasteiger partial charge >= 0.3 is 0 Å². The van der Waals surface area contributed by atoms with E-state index in [1.807, 2.05) is 6.92 Å². The Kier molecular flexibility index (Phi) is 5.01. The minimum atomic E-state index is -0.188. The molecule has 0 spiro atoms. The molecule has 3 heteroatoms. The quantitative estimate of drug-likeness (QED) is 0.824. The van der Waals surface area contributed by atoms with Crippen molar-refractivity contribution in [2.45, 2.75) is 46.1 Å². The van der Waals surface area contributed by atoms with Crippen LogP contribution in [0.3, 0.4) is 0 Å². The summed E-state index contributed by atoms with van der Waals surface area (Å²) in [6.07, 6.45) is 2.92. The van der Waals surface area contributed by atoms with Crippen molar-refractivity contribution in [2.75, 3.05) is 0 Å². The lowest BCUT2D eigenvalue weighted by molar-refractivity contribution is 0.0931. The number of phenols is 1. The second kappa shape index (κ2) is 6.28. The largest absolute Gasteiger partial charge is 0.507 e. The molecule has 1 aromatic carbocycles. The highest BCUT2D eigenvalue weighted by atomic mass is 16.3. The van der Waals surface area contributed by atoms with Crippen LogP contribution in [0.4, 0.5) is 0 Å². The van der Waals surface area contributed by atoms with Crippen molar-refractivity contribution in [3.8, 4) is 5.75 Å². The molecule has 0 aliphatic carbocycles. The van der Waals surface area contributed by atoms with Crippen LogP contribution in [-0.2, 0) is 0 Å². The first kappa shape index (κ1) is 13.6. The number of nitrogens with one attached hydrogen (secondary N) is 1. The van der Waals surface area contributed by atoms with Gasteiger partial charge in [0.05, 0.1) is 5.56 Å². The molecule has 3 nitrogen and oxygen atoms in total. The summed E-state index contributed by atoms with van der Waals surface area (Å²) in [5.41, 5.74) is 1.33. The van der Waals surface area contributed by atoms with E-state index in [1.54, 1.807) is 18.2 Å². The highest BCUT2D eigenvalue weighted by Crippen LogP contribution is 2.18. The number of benzene rings is 1. The topological polar surface area (TPSA) is 49.3 Å². The zero-order chi connectivity index (χ0) is 12.8. The minimum Gasteiger partial charge on any atom is -0.507 e. The van der Waals surface area contributed by atoms with E-state index in [4.69, 9.17) is 0 Å².